The van der Waals surface area contributed by atoms with E-state index < -0.39 is 20.3 Å². The van der Waals surface area contributed by atoms with Crippen LogP contribution in [-0.2, 0) is 9.22 Å². The summed E-state index contributed by atoms with van der Waals surface area (Å²) in [6, 6.07) is -0.688. The van der Waals surface area contributed by atoms with Crippen LogP contribution in [0.25, 0.3) is 0 Å². The quantitative estimate of drug-likeness (QED) is 0.598. The van der Waals surface area contributed by atoms with Crippen molar-refractivity contribution in [2.75, 3.05) is 20.6 Å². The van der Waals surface area contributed by atoms with Gasteiger partial charge in [-0.2, -0.15) is 0 Å². The van der Waals surface area contributed by atoms with Crippen LogP contribution in [0, 0.1) is 5.92 Å². The van der Waals surface area contributed by atoms with Crippen LogP contribution in [-0.4, -0.2) is 52.2 Å². The van der Waals surface area contributed by atoms with Gasteiger partial charge in [0.1, 0.15) is 6.04 Å². The van der Waals surface area contributed by atoms with Crippen molar-refractivity contribution in [2.45, 2.75) is 58.0 Å². The average molecular weight is 305 g/mol. The Hall–Kier alpha value is -0.433. The molecule has 3 N–H and O–H groups in total. The maximum absolute atomic E-state index is 11.5. The van der Waals surface area contributed by atoms with E-state index in [1.807, 2.05) is 14.0 Å². The topological polar surface area (TPSA) is 70.6 Å². The number of nitrogens with one attached hydrogen (secondary N) is 2. The zero-order valence-electron chi connectivity index (χ0n) is 14.2. The lowest BCUT2D eigenvalue weighted by Crippen LogP contribution is -2.56. The maximum Gasteiger partial charge on any atom is 0.323 e. The molecule has 3 unspecified atom stereocenters. The first-order valence-corrected chi connectivity index (χ1v) is 10.1. The summed E-state index contributed by atoms with van der Waals surface area (Å²) in [6.45, 7) is 13.5. The first-order chi connectivity index (χ1) is 8.97. The van der Waals surface area contributed by atoms with Gasteiger partial charge in [0.2, 0.25) is 0 Å². The maximum atomic E-state index is 11.5. The monoisotopic (exact) mass is 304 g/mol. The number of aliphatic carboxylic acids is 1. The molecule has 0 rings (SSSR count). The summed E-state index contributed by atoms with van der Waals surface area (Å²) < 4.78 is 6.39. The van der Waals surface area contributed by atoms with E-state index >= 15 is 0 Å². The van der Waals surface area contributed by atoms with Gasteiger partial charge in [-0.1, -0.05) is 27.7 Å². The van der Waals surface area contributed by atoms with Crippen molar-refractivity contribution < 1.29 is 14.3 Å². The van der Waals surface area contributed by atoms with Crippen molar-refractivity contribution in [1.82, 2.24) is 10.6 Å². The molecular weight excluding hydrogens is 272 g/mol. The highest BCUT2D eigenvalue weighted by atomic mass is 28.4. The van der Waals surface area contributed by atoms with Gasteiger partial charge in [-0.25, -0.2) is 0 Å². The van der Waals surface area contributed by atoms with Crippen molar-refractivity contribution in [3.05, 3.63) is 0 Å². The first kappa shape index (κ1) is 19.6. The molecule has 0 aromatic heterocycles. The van der Waals surface area contributed by atoms with Gasteiger partial charge in [0.15, 0.2) is 8.32 Å². The van der Waals surface area contributed by atoms with Gasteiger partial charge in [-0.15, -0.1) is 0 Å². The minimum atomic E-state index is -2.02. The molecule has 0 aromatic rings. The van der Waals surface area contributed by atoms with Gasteiger partial charge >= 0.3 is 5.97 Å². The van der Waals surface area contributed by atoms with Crippen LogP contribution in [0.1, 0.15) is 27.7 Å². The Kier molecular flexibility index (Phi) is 7.38. The number of hydrogen-bond donors (Lipinski definition) is 3. The van der Waals surface area contributed by atoms with Crippen LogP contribution < -0.4 is 10.6 Å². The number of likely N-dealkylation sites (N-methyl/N-ethyl adjacent to an activating group) is 1. The first-order valence-electron chi connectivity index (χ1n) is 7.20. The van der Waals surface area contributed by atoms with Crippen molar-refractivity contribution in [1.29, 1.82) is 0 Å². The molecule has 0 heterocycles. The normalized spacial score (nSPS) is 17.6. The molecule has 0 aliphatic rings. The number of carbonyl (C=O) groups is 1. The third-order valence-corrected chi connectivity index (χ3v) is 8.70. The number of carboxylic acid groups (broad SMARTS) is 1. The largest absolute Gasteiger partial charge is 0.480 e. The van der Waals surface area contributed by atoms with E-state index in [2.05, 4.69) is 44.5 Å². The Balaban J connectivity index is 5.28. The van der Waals surface area contributed by atoms with Crippen LogP contribution >= 0.6 is 0 Å². The molecule has 0 amide bonds. The Morgan fingerprint density at radius 1 is 1.30 bits per heavy atom. The molecular formula is C14H32N2O3Si. The molecule has 0 saturated carbocycles. The molecule has 0 spiro atoms. The molecule has 0 fully saturated rings. The van der Waals surface area contributed by atoms with Crippen LogP contribution in [0.5, 0.6) is 0 Å². The molecule has 3 atom stereocenters. The summed E-state index contributed by atoms with van der Waals surface area (Å²) in [5.74, 6) is -0.748. The summed E-state index contributed by atoms with van der Waals surface area (Å²) >= 11 is 0. The molecule has 0 aromatic carbocycles. The Morgan fingerprint density at radius 2 is 1.80 bits per heavy atom. The van der Waals surface area contributed by atoms with E-state index in [1.165, 1.54) is 0 Å². The van der Waals surface area contributed by atoms with Crippen molar-refractivity contribution >= 4 is 14.3 Å². The van der Waals surface area contributed by atoms with Gasteiger partial charge in [0, 0.05) is 0 Å². The zero-order chi connectivity index (χ0) is 16.1. The van der Waals surface area contributed by atoms with E-state index in [9.17, 15) is 9.90 Å². The zero-order valence-corrected chi connectivity index (χ0v) is 15.2. The summed E-state index contributed by atoms with van der Waals surface area (Å²) in [5, 5.41) is 15.5. The predicted molar refractivity (Wildman–Crippen MR) is 85.6 cm³/mol. The van der Waals surface area contributed by atoms with Crippen LogP contribution in [0.2, 0.25) is 18.1 Å². The molecule has 0 aliphatic heterocycles. The number of hydrogen-bond acceptors (Lipinski definition) is 4. The Labute approximate surface area is 124 Å². The van der Waals surface area contributed by atoms with E-state index in [0.29, 0.717) is 0 Å². The SMILES string of the molecule is CNCC(C)C(O[Si](C)(C)C(C)(C)C)C(NC)C(=O)O. The van der Waals surface area contributed by atoms with Gasteiger partial charge in [0.25, 0.3) is 0 Å². The molecule has 0 radical (unpaired) electrons. The predicted octanol–water partition coefficient (Wildman–Crippen LogP) is 1.90. The fourth-order valence-corrected chi connectivity index (χ4v) is 3.30. The Bertz CT molecular complexity index is 316. The fraction of sp³-hybridized carbons (Fsp3) is 0.929. The highest BCUT2D eigenvalue weighted by Crippen LogP contribution is 2.38. The lowest BCUT2D eigenvalue weighted by molar-refractivity contribution is -0.142. The minimum absolute atomic E-state index is 0.0570. The third-order valence-electron chi connectivity index (χ3n) is 4.23. The van der Waals surface area contributed by atoms with Crippen LogP contribution in [0.4, 0.5) is 0 Å². The second-order valence-corrected chi connectivity index (χ2v) is 11.7. The minimum Gasteiger partial charge on any atom is -0.480 e. The molecule has 20 heavy (non-hydrogen) atoms. The third kappa shape index (κ3) is 5.16. The molecule has 0 aliphatic carbocycles. The van der Waals surface area contributed by atoms with Crippen molar-refractivity contribution in [3.8, 4) is 0 Å². The summed E-state index contributed by atoms with van der Waals surface area (Å²) in [7, 11) is 1.53. The van der Waals surface area contributed by atoms with Gasteiger partial charge in [0.05, 0.1) is 6.10 Å². The number of rotatable bonds is 8. The summed E-state index contributed by atoms with van der Waals surface area (Å²) in [4.78, 5) is 11.5. The molecule has 5 nitrogen and oxygen atoms in total. The van der Waals surface area contributed by atoms with E-state index in [1.54, 1.807) is 7.05 Å². The summed E-state index contributed by atoms with van der Waals surface area (Å²) in [5.41, 5.74) is 0. The fourth-order valence-electron chi connectivity index (χ4n) is 1.90. The van der Waals surface area contributed by atoms with Crippen molar-refractivity contribution in [3.63, 3.8) is 0 Å². The average Bonchev–Trinajstić information content (AvgIpc) is 2.26. The van der Waals surface area contributed by atoms with E-state index in [-0.39, 0.29) is 17.1 Å². The number of carboxylic acids is 1. The van der Waals surface area contributed by atoms with Crippen LogP contribution in [0.3, 0.4) is 0 Å². The lowest BCUT2D eigenvalue weighted by Gasteiger charge is -2.42. The second-order valence-electron chi connectivity index (χ2n) is 6.98. The Morgan fingerprint density at radius 3 is 2.10 bits per heavy atom. The van der Waals surface area contributed by atoms with E-state index in [0.717, 1.165) is 6.54 Å². The highest BCUT2D eigenvalue weighted by Gasteiger charge is 2.43. The molecule has 0 saturated heterocycles. The molecule has 0 bridgehead atoms. The van der Waals surface area contributed by atoms with Gasteiger partial charge in [-0.3, -0.25) is 4.79 Å². The van der Waals surface area contributed by atoms with Gasteiger partial charge < -0.3 is 20.2 Å². The van der Waals surface area contributed by atoms with Crippen molar-refractivity contribution in [2.24, 2.45) is 5.92 Å². The summed E-state index contributed by atoms with van der Waals surface area (Å²) in [6.07, 6.45) is -0.342. The molecule has 120 valence electrons. The van der Waals surface area contributed by atoms with Gasteiger partial charge in [-0.05, 0) is 44.7 Å². The highest BCUT2D eigenvalue weighted by molar-refractivity contribution is 6.74. The standard InChI is InChI=1S/C14H32N2O3Si/c1-10(9-15-5)12(11(16-6)13(17)18)19-20(7,8)14(2,3)4/h10-12,15-16H,9H2,1-8H3,(H,17,18). The second kappa shape index (κ2) is 7.54. The molecule has 6 heteroatoms. The smallest absolute Gasteiger partial charge is 0.323 e. The van der Waals surface area contributed by atoms with E-state index in [4.69, 9.17) is 4.43 Å². The lowest BCUT2D eigenvalue weighted by atomic mass is 9.98. The van der Waals surface area contributed by atoms with Crippen LogP contribution in [0.15, 0.2) is 0 Å².